The van der Waals surface area contributed by atoms with Crippen molar-refractivity contribution in [1.29, 1.82) is 0 Å². The molecule has 0 aliphatic heterocycles. The topological polar surface area (TPSA) is 46.2 Å². The summed E-state index contributed by atoms with van der Waals surface area (Å²) in [7, 11) is 0. The van der Waals surface area contributed by atoms with Crippen LogP contribution in [0.25, 0.3) is 0 Å². The Morgan fingerprint density at radius 2 is 1.58 bits per heavy atom. The summed E-state index contributed by atoms with van der Waals surface area (Å²) in [6, 6.07) is 6.58. The fourth-order valence-electron chi connectivity index (χ4n) is 1.90. The van der Waals surface area contributed by atoms with Crippen molar-refractivity contribution in [2.75, 3.05) is 5.73 Å². The third-order valence-corrected chi connectivity index (χ3v) is 2.76. The summed E-state index contributed by atoms with van der Waals surface area (Å²) in [4.78, 5) is 0. The number of nitrogens with two attached hydrogens (primary N) is 1. The van der Waals surface area contributed by atoms with Crippen LogP contribution < -0.4 is 5.73 Å². The monoisotopic (exact) mass is 267 g/mol. The molecule has 0 aromatic heterocycles. The highest BCUT2D eigenvalue weighted by molar-refractivity contribution is 5.48. The van der Waals surface area contributed by atoms with E-state index in [4.69, 9.17) is 5.73 Å². The van der Waals surface area contributed by atoms with Gasteiger partial charge in [-0.3, -0.25) is 0 Å². The first-order chi connectivity index (χ1) is 8.95. The van der Waals surface area contributed by atoms with Crippen LogP contribution in [0.1, 0.15) is 17.2 Å². The number of hydrogen-bond acceptors (Lipinski definition) is 2. The van der Waals surface area contributed by atoms with Gasteiger partial charge in [-0.1, -0.05) is 0 Å². The standard InChI is InChI=1S/C14H12F3NO/c15-9-1-2-13(18)12(7-9)14(19)5-8-3-10(16)6-11(17)4-8/h1-4,6-7,14,19H,5,18H2. The van der Waals surface area contributed by atoms with Crippen LogP contribution in [0.5, 0.6) is 0 Å². The molecule has 2 aromatic rings. The molecule has 1 unspecified atom stereocenters. The molecule has 2 rings (SSSR count). The molecule has 100 valence electrons. The van der Waals surface area contributed by atoms with Crippen LogP contribution in [0.15, 0.2) is 36.4 Å². The Hall–Kier alpha value is -2.01. The Morgan fingerprint density at radius 1 is 0.947 bits per heavy atom. The van der Waals surface area contributed by atoms with Crippen LogP contribution in [-0.2, 0) is 6.42 Å². The molecule has 2 aromatic carbocycles. The number of anilines is 1. The van der Waals surface area contributed by atoms with Crippen LogP contribution in [0, 0.1) is 17.5 Å². The first kappa shape index (κ1) is 13.4. The maximum Gasteiger partial charge on any atom is 0.126 e. The van der Waals surface area contributed by atoms with Crippen molar-refractivity contribution in [3.63, 3.8) is 0 Å². The Kier molecular flexibility index (Phi) is 3.76. The molecule has 0 radical (unpaired) electrons. The van der Waals surface area contributed by atoms with E-state index in [1.807, 2.05) is 0 Å². The molecule has 19 heavy (non-hydrogen) atoms. The molecule has 0 aliphatic carbocycles. The van der Waals surface area contributed by atoms with Crippen molar-refractivity contribution < 1.29 is 18.3 Å². The molecule has 3 N–H and O–H groups in total. The SMILES string of the molecule is Nc1ccc(F)cc1C(O)Cc1cc(F)cc(F)c1. The lowest BCUT2D eigenvalue weighted by Gasteiger charge is -2.14. The first-order valence-electron chi connectivity index (χ1n) is 5.63. The molecular weight excluding hydrogens is 255 g/mol. The number of halogens is 3. The zero-order chi connectivity index (χ0) is 14.0. The maximum absolute atomic E-state index is 13.1. The summed E-state index contributed by atoms with van der Waals surface area (Å²) in [5.41, 5.74) is 6.33. The molecule has 0 saturated heterocycles. The fraction of sp³-hybridized carbons (Fsp3) is 0.143. The highest BCUT2D eigenvalue weighted by atomic mass is 19.1. The van der Waals surface area contributed by atoms with E-state index >= 15 is 0 Å². The van der Waals surface area contributed by atoms with Gasteiger partial charge in [-0.2, -0.15) is 0 Å². The third-order valence-electron chi connectivity index (χ3n) is 2.76. The van der Waals surface area contributed by atoms with Gasteiger partial charge in [-0.05, 0) is 35.9 Å². The molecule has 0 saturated carbocycles. The van der Waals surface area contributed by atoms with Gasteiger partial charge in [-0.15, -0.1) is 0 Å². The average Bonchev–Trinajstić information content (AvgIpc) is 2.30. The van der Waals surface area contributed by atoms with Crippen molar-refractivity contribution in [2.24, 2.45) is 0 Å². The number of aliphatic hydroxyl groups is 1. The Morgan fingerprint density at radius 3 is 2.21 bits per heavy atom. The van der Waals surface area contributed by atoms with E-state index in [1.165, 1.54) is 12.1 Å². The molecule has 0 aliphatic rings. The zero-order valence-corrected chi connectivity index (χ0v) is 9.91. The Balaban J connectivity index is 2.25. The molecule has 2 nitrogen and oxygen atoms in total. The van der Waals surface area contributed by atoms with Gasteiger partial charge >= 0.3 is 0 Å². The van der Waals surface area contributed by atoms with E-state index in [9.17, 15) is 18.3 Å². The minimum atomic E-state index is -1.13. The maximum atomic E-state index is 13.1. The van der Waals surface area contributed by atoms with Crippen molar-refractivity contribution >= 4 is 5.69 Å². The van der Waals surface area contributed by atoms with Gasteiger partial charge in [0, 0.05) is 23.7 Å². The Labute approximate surface area is 108 Å². The fourth-order valence-corrected chi connectivity index (χ4v) is 1.90. The average molecular weight is 267 g/mol. The normalized spacial score (nSPS) is 12.4. The third kappa shape index (κ3) is 3.26. The highest BCUT2D eigenvalue weighted by Gasteiger charge is 2.14. The van der Waals surface area contributed by atoms with Crippen LogP contribution in [0.4, 0.5) is 18.9 Å². The van der Waals surface area contributed by atoms with Crippen molar-refractivity contribution in [3.05, 3.63) is 65.0 Å². The van der Waals surface area contributed by atoms with E-state index in [0.717, 1.165) is 24.3 Å². The summed E-state index contributed by atoms with van der Waals surface area (Å²) < 4.78 is 39.1. The molecule has 0 heterocycles. The molecule has 5 heteroatoms. The first-order valence-corrected chi connectivity index (χ1v) is 5.63. The lowest BCUT2D eigenvalue weighted by Crippen LogP contribution is -2.06. The van der Waals surface area contributed by atoms with Crippen LogP contribution in [0.3, 0.4) is 0 Å². The second kappa shape index (κ2) is 5.32. The van der Waals surface area contributed by atoms with Crippen molar-refractivity contribution in [2.45, 2.75) is 12.5 Å². The molecular formula is C14H12F3NO. The Bertz CT molecular complexity index is 581. The van der Waals surface area contributed by atoms with Gasteiger partial charge in [0.05, 0.1) is 6.10 Å². The lowest BCUT2D eigenvalue weighted by molar-refractivity contribution is 0.178. The lowest BCUT2D eigenvalue weighted by atomic mass is 10.00. The van der Waals surface area contributed by atoms with Gasteiger partial charge in [-0.25, -0.2) is 13.2 Å². The highest BCUT2D eigenvalue weighted by Crippen LogP contribution is 2.25. The summed E-state index contributed by atoms with van der Waals surface area (Å²) in [5.74, 6) is -1.99. The minimum absolute atomic E-state index is 0.0532. The molecule has 0 fully saturated rings. The van der Waals surface area contributed by atoms with E-state index in [-0.39, 0.29) is 23.2 Å². The molecule has 0 amide bonds. The number of hydrogen-bond donors (Lipinski definition) is 2. The van der Waals surface area contributed by atoms with E-state index < -0.39 is 23.6 Å². The summed E-state index contributed by atoms with van der Waals surface area (Å²) >= 11 is 0. The number of aliphatic hydroxyl groups excluding tert-OH is 1. The summed E-state index contributed by atoms with van der Waals surface area (Å²) in [6.07, 6.45) is -1.18. The largest absolute Gasteiger partial charge is 0.398 e. The number of nitrogen functional groups attached to an aromatic ring is 1. The zero-order valence-electron chi connectivity index (χ0n) is 9.91. The van der Waals surface area contributed by atoms with Crippen LogP contribution in [-0.4, -0.2) is 5.11 Å². The molecule has 0 bridgehead atoms. The second-order valence-electron chi connectivity index (χ2n) is 4.27. The van der Waals surface area contributed by atoms with Crippen molar-refractivity contribution in [1.82, 2.24) is 0 Å². The van der Waals surface area contributed by atoms with Crippen molar-refractivity contribution in [3.8, 4) is 0 Å². The molecule has 1 atom stereocenters. The van der Waals surface area contributed by atoms with E-state index in [0.29, 0.717) is 0 Å². The minimum Gasteiger partial charge on any atom is -0.398 e. The number of benzene rings is 2. The van der Waals surface area contributed by atoms with Crippen LogP contribution in [0.2, 0.25) is 0 Å². The smallest absolute Gasteiger partial charge is 0.126 e. The summed E-state index contributed by atoms with van der Waals surface area (Å²) in [6.45, 7) is 0. The second-order valence-corrected chi connectivity index (χ2v) is 4.27. The predicted octanol–water partition coefficient (Wildman–Crippen LogP) is 2.96. The summed E-state index contributed by atoms with van der Waals surface area (Å²) in [5, 5.41) is 9.97. The molecule has 0 spiro atoms. The predicted molar refractivity (Wildman–Crippen MR) is 65.8 cm³/mol. The van der Waals surface area contributed by atoms with E-state index in [2.05, 4.69) is 0 Å². The van der Waals surface area contributed by atoms with Crippen LogP contribution >= 0.6 is 0 Å². The van der Waals surface area contributed by atoms with Gasteiger partial charge in [0.1, 0.15) is 17.5 Å². The number of rotatable bonds is 3. The quantitative estimate of drug-likeness (QED) is 0.840. The van der Waals surface area contributed by atoms with Gasteiger partial charge in [0.2, 0.25) is 0 Å². The van der Waals surface area contributed by atoms with Gasteiger partial charge in [0.15, 0.2) is 0 Å². The van der Waals surface area contributed by atoms with E-state index in [1.54, 1.807) is 0 Å². The van der Waals surface area contributed by atoms with Gasteiger partial charge in [0.25, 0.3) is 0 Å². The van der Waals surface area contributed by atoms with Gasteiger partial charge < -0.3 is 10.8 Å².